The summed E-state index contributed by atoms with van der Waals surface area (Å²) in [5, 5.41) is 0. The van der Waals surface area contributed by atoms with E-state index in [1.165, 1.54) is 18.2 Å². The first kappa shape index (κ1) is 16.2. The first-order chi connectivity index (χ1) is 10.9. The first-order valence-electron chi connectivity index (χ1n) is 7.17. The van der Waals surface area contributed by atoms with Gasteiger partial charge in [0.1, 0.15) is 10.7 Å². The normalized spacial score (nSPS) is 14.4. The molecule has 1 aliphatic rings. The number of nitrogens with one attached hydrogen (secondary N) is 1. The molecule has 1 aliphatic carbocycles. The summed E-state index contributed by atoms with van der Waals surface area (Å²) in [6.45, 7) is 4.06. The Hall–Kier alpha value is -1.66. The number of anilines is 1. The number of sulfonamides is 1. The van der Waals surface area contributed by atoms with Crippen LogP contribution in [0, 0.1) is 5.82 Å². The van der Waals surface area contributed by atoms with E-state index in [1.807, 2.05) is 6.07 Å². The highest BCUT2D eigenvalue weighted by molar-refractivity contribution is 9.10. The van der Waals surface area contributed by atoms with Crippen LogP contribution in [0.3, 0.4) is 0 Å². The molecular weight excluding hydrogens is 381 g/mol. The molecule has 120 valence electrons. The Morgan fingerprint density at radius 1 is 1.13 bits per heavy atom. The van der Waals surface area contributed by atoms with Crippen molar-refractivity contribution in [2.45, 2.75) is 24.2 Å². The van der Waals surface area contributed by atoms with Crippen LogP contribution >= 0.6 is 15.9 Å². The molecule has 0 saturated heterocycles. The minimum absolute atomic E-state index is 0.372. The Morgan fingerprint density at radius 2 is 1.87 bits per heavy atom. The van der Waals surface area contributed by atoms with E-state index in [0.29, 0.717) is 10.2 Å². The molecule has 0 spiro atoms. The summed E-state index contributed by atoms with van der Waals surface area (Å²) in [5.41, 5.74) is 3.45. The van der Waals surface area contributed by atoms with Gasteiger partial charge in [-0.2, -0.15) is 0 Å². The van der Waals surface area contributed by atoms with Gasteiger partial charge in [-0.25, -0.2) is 12.8 Å². The van der Waals surface area contributed by atoms with E-state index >= 15 is 0 Å². The number of benzene rings is 2. The third-order valence-corrected chi connectivity index (χ3v) is 6.10. The van der Waals surface area contributed by atoms with Crippen molar-refractivity contribution in [3.63, 3.8) is 0 Å². The van der Waals surface area contributed by atoms with E-state index in [-0.39, 0.29) is 4.90 Å². The fraction of sp³-hybridized carbons (Fsp3) is 0.176. The van der Waals surface area contributed by atoms with Crippen LogP contribution in [0.15, 0.2) is 52.3 Å². The Morgan fingerprint density at radius 3 is 2.61 bits per heavy atom. The summed E-state index contributed by atoms with van der Waals surface area (Å²) < 4.78 is 41.7. The average molecular weight is 396 g/mol. The zero-order valence-electron chi connectivity index (χ0n) is 12.3. The third kappa shape index (κ3) is 3.05. The SMILES string of the molecule is C=C1CCCc2ccc(NS(=O)(=O)c3ccccc3F)c(Br)c21. The third-order valence-electron chi connectivity index (χ3n) is 3.88. The Kier molecular flexibility index (Phi) is 4.29. The highest BCUT2D eigenvalue weighted by atomic mass is 79.9. The molecule has 3 nitrogen and oxygen atoms in total. The topological polar surface area (TPSA) is 46.2 Å². The molecule has 0 aliphatic heterocycles. The van der Waals surface area contributed by atoms with Gasteiger partial charge in [-0.15, -0.1) is 0 Å². The van der Waals surface area contributed by atoms with Crippen molar-refractivity contribution >= 4 is 37.2 Å². The van der Waals surface area contributed by atoms with Crippen LogP contribution in [-0.4, -0.2) is 8.42 Å². The Balaban J connectivity index is 2.03. The molecule has 0 amide bonds. The van der Waals surface area contributed by atoms with Crippen molar-refractivity contribution in [2.24, 2.45) is 0 Å². The average Bonchev–Trinajstić information content (AvgIpc) is 2.50. The maximum Gasteiger partial charge on any atom is 0.264 e. The van der Waals surface area contributed by atoms with E-state index in [4.69, 9.17) is 0 Å². The van der Waals surface area contributed by atoms with E-state index < -0.39 is 15.8 Å². The number of hydrogen-bond donors (Lipinski definition) is 1. The lowest BCUT2D eigenvalue weighted by molar-refractivity contribution is 0.570. The van der Waals surface area contributed by atoms with E-state index in [1.54, 1.807) is 6.07 Å². The molecule has 0 bridgehead atoms. The molecule has 0 heterocycles. The second-order valence-electron chi connectivity index (χ2n) is 5.45. The fourth-order valence-electron chi connectivity index (χ4n) is 2.77. The van der Waals surface area contributed by atoms with Gasteiger partial charge in [-0.05, 0) is 70.1 Å². The molecular formula is C17H15BrFNO2S. The lowest BCUT2D eigenvalue weighted by Gasteiger charge is -2.22. The van der Waals surface area contributed by atoms with E-state index in [9.17, 15) is 12.8 Å². The van der Waals surface area contributed by atoms with Crippen LogP contribution < -0.4 is 4.72 Å². The standard InChI is InChI=1S/C17H15BrFNO2S/c1-11-5-4-6-12-9-10-14(17(18)16(11)12)20-23(21,22)15-8-3-2-7-13(15)19/h2-3,7-10,20H,1,4-6H2. The van der Waals surface area contributed by atoms with Gasteiger partial charge < -0.3 is 0 Å². The Labute approximate surface area is 143 Å². The van der Waals surface area contributed by atoms with Gasteiger partial charge in [0.05, 0.1) is 5.69 Å². The number of halogens is 2. The second-order valence-corrected chi connectivity index (χ2v) is 7.90. The van der Waals surface area contributed by atoms with Crippen LogP contribution in [-0.2, 0) is 16.4 Å². The molecule has 2 aromatic rings. The molecule has 23 heavy (non-hydrogen) atoms. The molecule has 0 fully saturated rings. The van der Waals surface area contributed by atoms with Crippen LogP contribution in [0.25, 0.3) is 5.57 Å². The highest BCUT2D eigenvalue weighted by Gasteiger charge is 2.23. The lowest BCUT2D eigenvalue weighted by atomic mass is 9.88. The van der Waals surface area contributed by atoms with Crippen molar-refractivity contribution in [1.82, 2.24) is 0 Å². The molecule has 6 heteroatoms. The van der Waals surface area contributed by atoms with Crippen molar-refractivity contribution in [1.29, 1.82) is 0 Å². The van der Waals surface area contributed by atoms with E-state index in [0.717, 1.165) is 42.0 Å². The van der Waals surface area contributed by atoms with Gasteiger partial charge in [-0.3, -0.25) is 4.72 Å². The van der Waals surface area contributed by atoms with E-state index in [2.05, 4.69) is 27.2 Å². The molecule has 0 saturated carbocycles. The predicted molar refractivity (Wildman–Crippen MR) is 93.3 cm³/mol. The van der Waals surface area contributed by atoms with Gasteiger partial charge in [-0.1, -0.05) is 24.8 Å². The zero-order chi connectivity index (χ0) is 16.6. The summed E-state index contributed by atoms with van der Waals surface area (Å²) in [7, 11) is -4.00. The summed E-state index contributed by atoms with van der Waals surface area (Å²) in [6.07, 6.45) is 2.86. The highest BCUT2D eigenvalue weighted by Crippen LogP contribution is 2.39. The van der Waals surface area contributed by atoms with Crippen LogP contribution in [0.4, 0.5) is 10.1 Å². The van der Waals surface area contributed by atoms with Gasteiger partial charge in [0.15, 0.2) is 0 Å². The molecule has 0 aromatic heterocycles. The van der Waals surface area contributed by atoms with Crippen LogP contribution in [0.1, 0.15) is 24.0 Å². The van der Waals surface area contributed by atoms with Crippen LogP contribution in [0.2, 0.25) is 0 Å². The zero-order valence-corrected chi connectivity index (χ0v) is 14.7. The minimum Gasteiger partial charge on any atom is -0.278 e. The van der Waals surface area contributed by atoms with Crippen LogP contribution in [0.5, 0.6) is 0 Å². The molecule has 2 aromatic carbocycles. The van der Waals surface area contributed by atoms with Crippen molar-refractivity contribution in [3.05, 3.63) is 64.4 Å². The quantitative estimate of drug-likeness (QED) is 0.815. The minimum atomic E-state index is -4.00. The maximum atomic E-state index is 13.8. The number of aryl methyl sites for hydroxylation is 1. The van der Waals surface area contributed by atoms with Crippen molar-refractivity contribution < 1.29 is 12.8 Å². The maximum absolute atomic E-state index is 13.8. The number of fused-ring (bicyclic) bond motifs is 1. The second kappa shape index (κ2) is 6.09. The summed E-state index contributed by atoms with van der Waals surface area (Å²) in [6, 6.07) is 8.89. The predicted octanol–water partition coefficient (Wildman–Crippen LogP) is 4.74. The molecule has 3 rings (SSSR count). The first-order valence-corrected chi connectivity index (χ1v) is 9.44. The number of allylic oxidation sites excluding steroid dienone is 1. The smallest absolute Gasteiger partial charge is 0.264 e. The molecule has 0 atom stereocenters. The summed E-state index contributed by atoms with van der Waals surface area (Å²) in [4.78, 5) is -0.372. The fourth-order valence-corrected chi connectivity index (χ4v) is 4.81. The molecule has 0 radical (unpaired) electrons. The van der Waals surface area contributed by atoms with Gasteiger partial charge in [0.25, 0.3) is 10.0 Å². The monoisotopic (exact) mass is 395 g/mol. The van der Waals surface area contributed by atoms with Crippen molar-refractivity contribution in [3.8, 4) is 0 Å². The summed E-state index contributed by atoms with van der Waals surface area (Å²) in [5.74, 6) is -0.779. The Bertz CT molecular complexity index is 893. The van der Waals surface area contributed by atoms with Gasteiger partial charge in [0.2, 0.25) is 0 Å². The molecule has 1 N–H and O–H groups in total. The lowest BCUT2D eigenvalue weighted by Crippen LogP contribution is -2.15. The molecule has 0 unspecified atom stereocenters. The van der Waals surface area contributed by atoms with Gasteiger partial charge in [0, 0.05) is 4.47 Å². The number of hydrogen-bond acceptors (Lipinski definition) is 2. The number of rotatable bonds is 3. The largest absolute Gasteiger partial charge is 0.278 e. The summed E-state index contributed by atoms with van der Waals surface area (Å²) >= 11 is 3.47. The van der Waals surface area contributed by atoms with Gasteiger partial charge >= 0.3 is 0 Å². The van der Waals surface area contributed by atoms with Crippen molar-refractivity contribution in [2.75, 3.05) is 4.72 Å².